The van der Waals surface area contributed by atoms with Crippen molar-refractivity contribution >= 4 is 38.1 Å². The molecule has 4 aromatic rings. The van der Waals surface area contributed by atoms with Crippen molar-refractivity contribution in [2.75, 3.05) is 25.0 Å². The van der Waals surface area contributed by atoms with Gasteiger partial charge in [-0.05, 0) is 66.5 Å². The summed E-state index contributed by atoms with van der Waals surface area (Å²) in [7, 11) is 0. The first-order valence-electron chi connectivity index (χ1n) is 9.16. The third-order valence-corrected chi connectivity index (χ3v) is 5.58. The predicted molar refractivity (Wildman–Crippen MR) is 113 cm³/mol. The van der Waals surface area contributed by atoms with Gasteiger partial charge in [-0.15, -0.1) is 11.3 Å². The number of rotatable bonds is 8. The van der Waals surface area contributed by atoms with E-state index >= 15 is 0 Å². The molecule has 0 saturated carbocycles. The van der Waals surface area contributed by atoms with Gasteiger partial charge in [0.25, 0.3) is 0 Å². The number of nitrogens with one attached hydrogen (secondary N) is 2. The number of para-hydroxylation sites is 1. The first-order valence-corrected chi connectivity index (χ1v) is 10.0. The highest BCUT2D eigenvalue weighted by atomic mass is 32.1. The highest BCUT2D eigenvalue weighted by Crippen LogP contribution is 2.25. The second kappa shape index (κ2) is 8.30. The SMILES string of the molecule is c1ccc2nc(NCCCNCCc3csc4ccccc34)ccc2c1. The summed E-state index contributed by atoms with van der Waals surface area (Å²) in [4.78, 5) is 4.64. The van der Waals surface area contributed by atoms with Crippen molar-refractivity contribution in [3.8, 4) is 0 Å². The van der Waals surface area contributed by atoms with Crippen molar-refractivity contribution in [2.24, 2.45) is 0 Å². The first kappa shape index (κ1) is 17.0. The Balaban J connectivity index is 1.17. The zero-order chi connectivity index (χ0) is 17.6. The maximum atomic E-state index is 4.64. The fraction of sp³-hybridized carbons (Fsp3) is 0.227. The van der Waals surface area contributed by atoms with E-state index < -0.39 is 0 Å². The highest BCUT2D eigenvalue weighted by Gasteiger charge is 2.02. The number of anilines is 1. The average molecular weight is 362 g/mol. The molecule has 2 aromatic carbocycles. The number of benzene rings is 2. The van der Waals surface area contributed by atoms with Gasteiger partial charge in [0.15, 0.2) is 0 Å². The van der Waals surface area contributed by atoms with Crippen molar-refractivity contribution in [1.82, 2.24) is 10.3 Å². The zero-order valence-corrected chi connectivity index (χ0v) is 15.6. The Morgan fingerprint density at radius 3 is 2.73 bits per heavy atom. The lowest BCUT2D eigenvalue weighted by Gasteiger charge is -2.08. The molecule has 0 aliphatic rings. The van der Waals surface area contributed by atoms with Gasteiger partial charge < -0.3 is 10.6 Å². The normalized spacial score (nSPS) is 11.2. The Hall–Kier alpha value is -2.43. The Bertz CT molecular complexity index is 993. The van der Waals surface area contributed by atoms with Gasteiger partial charge in [0.2, 0.25) is 0 Å². The van der Waals surface area contributed by atoms with Gasteiger partial charge in [0.1, 0.15) is 5.82 Å². The fourth-order valence-electron chi connectivity index (χ4n) is 3.17. The van der Waals surface area contributed by atoms with Crippen LogP contribution in [0.4, 0.5) is 5.82 Å². The predicted octanol–water partition coefficient (Wildman–Crippen LogP) is 5.08. The van der Waals surface area contributed by atoms with Crippen LogP contribution in [-0.4, -0.2) is 24.6 Å². The van der Waals surface area contributed by atoms with Gasteiger partial charge in [-0.2, -0.15) is 0 Å². The number of hydrogen-bond acceptors (Lipinski definition) is 4. The molecule has 0 atom stereocenters. The summed E-state index contributed by atoms with van der Waals surface area (Å²) in [5.74, 6) is 0.952. The molecule has 0 fully saturated rings. The highest BCUT2D eigenvalue weighted by molar-refractivity contribution is 7.17. The Morgan fingerprint density at radius 2 is 1.73 bits per heavy atom. The van der Waals surface area contributed by atoms with E-state index in [-0.39, 0.29) is 0 Å². The Labute approximate surface area is 158 Å². The van der Waals surface area contributed by atoms with Crippen LogP contribution in [-0.2, 0) is 6.42 Å². The molecule has 26 heavy (non-hydrogen) atoms. The number of nitrogens with zero attached hydrogens (tertiary/aromatic N) is 1. The molecule has 3 nitrogen and oxygen atoms in total. The second-order valence-electron chi connectivity index (χ2n) is 6.43. The largest absolute Gasteiger partial charge is 0.370 e. The number of aromatic nitrogens is 1. The molecule has 2 N–H and O–H groups in total. The van der Waals surface area contributed by atoms with Gasteiger partial charge in [-0.1, -0.05) is 36.4 Å². The van der Waals surface area contributed by atoms with Crippen LogP contribution in [0, 0.1) is 0 Å². The molecule has 4 heteroatoms. The standard InChI is InChI=1S/C22H23N3S/c1-3-8-20-17(6-1)10-11-22(25-20)24-14-5-13-23-15-12-18-16-26-21-9-4-2-7-19(18)21/h1-4,6-11,16,23H,5,12-15H2,(H,24,25). The second-order valence-corrected chi connectivity index (χ2v) is 7.34. The molecule has 2 heterocycles. The molecule has 0 aliphatic carbocycles. The molecular formula is C22H23N3S. The van der Waals surface area contributed by atoms with E-state index in [2.05, 4.69) is 69.5 Å². The van der Waals surface area contributed by atoms with Gasteiger partial charge in [0.05, 0.1) is 5.52 Å². The molecular weight excluding hydrogens is 338 g/mol. The van der Waals surface area contributed by atoms with Crippen LogP contribution >= 0.6 is 11.3 Å². The zero-order valence-electron chi connectivity index (χ0n) is 14.7. The van der Waals surface area contributed by atoms with Gasteiger partial charge in [0, 0.05) is 16.6 Å². The maximum absolute atomic E-state index is 4.64. The Kier molecular flexibility index (Phi) is 5.43. The van der Waals surface area contributed by atoms with Crippen LogP contribution < -0.4 is 10.6 Å². The summed E-state index contributed by atoms with van der Waals surface area (Å²) in [6.45, 7) is 2.97. The maximum Gasteiger partial charge on any atom is 0.126 e. The lowest BCUT2D eigenvalue weighted by molar-refractivity contribution is 0.661. The van der Waals surface area contributed by atoms with Gasteiger partial charge in [-0.3, -0.25) is 0 Å². The van der Waals surface area contributed by atoms with Crippen LogP contribution in [0.15, 0.2) is 66.0 Å². The first-order chi connectivity index (χ1) is 12.9. The number of thiophene rings is 1. The van der Waals surface area contributed by atoms with E-state index in [0.29, 0.717) is 0 Å². The summed E-state index contributed by atoms with van der Waals surface area (Å²) < 4.78 is 1.38. The topological polar surface area (TPSA) is 37.0 Å². The summed E-state index contributed by atoms with van der Waals surface area (Å²) in [5.41, 5.74) is 2.50. The van der Waals surface area contributed by atoms with Crippen LogP contribution in [0.3, 0.4) is 0 Å². The molecule has 132 valence electrons. The third-order valence-electron chi connectivity index (χ3n) is 4.57. The summed E-state index contributed by atoms with van der Waals surface area (Å²) >= 11 is 1.84. The summed E-state index contributed by atoms with van der Waals surface area (Å²) in [5, 5.41) is 11.8. The van der Waals surface area contributed by atoms with Crippen molar-refractivity contribution < 1.29 is 0 Å². The van der Waals surface area contributed by atoms with Crippen LogP contribution in [0.2, 0.25) is 0 Å². The lowest BCUT2D eigenvalue weighted by Crippen LogP contribution is -2.20. The molecule has 0 aliphatic heterocycles. The molecule has 2 aromatic heterocycles. The van der Waals surface area contributed by atoms with Crippen LogP contribution in [0.1, 0.15) is 12.0 Å². The minimum Gasteiger partial charge on any atom is -0.370 e. The number of hydrogen-bond donors (Lipinski definition) is 2. The lowest BCUT2D eigenvalue weighted by atomic mass is 10.1. The van der Waals surface area contributed by atoms with E-state index in [4.69, 9.17) is 0 Å². The third kappa shape index (κ3) is 4.03. The molecule has 0 spiro atoms. The van der Waals surface area contributed by atoms with E-state index in [1.54, 1.807) is 0 Å². The van der Waals surface area contributed by atoms with Gasteiger partial charge >= 0.3 is 0 Å². The molecule has 0 unspecified atom stereocenters. The molecule has 0 saturated heterocycles. The Morgan fingerprint density at radius 1 is 0.846 bits per heavy atom. The number of pyridine rings is 1. The van der Waals surface area contributed by atoms with E-state index in [0.717, 1.165) is 43.8 Å². The summed E-state index contributed by atoms with van der Waals surface area (Å²) in [6, 6.07) is 21.0. The molecule has 0 bridgehead atoms. The van der Waals surface area contributed by atoms with Crippen molar-refractivity contribution in [1.29, 1.82) is 0 Å². The van der Waals surface area contributed by atoms with E-state index in [1.807, 2.05) is 23.5 Å². The fourth-order valence-corrected chi connectivity index (χ4v) is 4.17. The van der Waals surface area contributed by atoms with Crippen LogP contribution in [0.5, 0.6) is 0 Å². The average Bonchev–Trinajstić information content (AvgIpc) is 3.10. The molecule has 4 rings (SSSR count). The quantitative estimate of drug-likeness (QED) is 0.430. The van der Waals surface area contributed by atoms with Crippen molar-refractivity contribution in [3.05, 3.63) is 71.6 Å². The number of fused-ring (bicyclic) bond motifs is 2. The van der Waals surface area contributed by atoms with E-state index in [1.165, 1.54) is 21.0 Å². The van der Waals surface area contributed by atoms with E-state index in [9.17, 15) is 0 Å². The summed E-state index contributed by atoms with van der Waals surface area (Å²) in [6.07, 6.45) is 2.17. The molecule has 0 amide bonds. The monoisotopic (exact) mass is 361 g/mol. The smallest absolute Gasteiger partial charge is 0.126 e. The molecule has 0 radical (unpaired) electrons. The minimum atomic E-state index is 0.930. The van der Waals surface area contributed by atoms with Crippen LogP contribution in [0.25, 0.3) is 21.0 Å². The van der Waals surface area contributed by atoms with Crippen molar-refractivity contribution in [3.63, 3.8) is 0 Å². The van der Waals surface area contributed by atoms with Gasteiger partial charge in [-0.25, -0.2) is 4.98 Å². The minimum absolute atomic E-state index is 0.930. The van der Waals surface area contributed by atoms with Crippen molar-refractivity contribution in [2.45, 2.75) is 12.8 Å².